The first-order valence-corrected chi connectivity index (χ1v) is 8.29. The third-order valence-electron chi connectivity index (χ3n) is 3.91. The molecular formula is C23H25N. The van der Waals surface area contributed by atoms with Crippen LogP contribution >= 0.6 is 0 Å². The van der Waals surface area contributed by atoms with E-state index < -0.39 is 0 Å². The average molecular weight is 315 g/mol. The Morgan fingerprint density at radius 2 is 1.71 bits per heavy atom. The maximum absolute atomic E-state index is 4.24. The Hall–Kier alpha value is -2.80. The molecule has 0 spiro atoms. The SMILES string of the molecule is C=Cc1ccc(NC(=C)c2ccccc2/C(=C/C=C\C)CC)cc1. The molecule has 0 fully saturated rings. The fourth-order valence-electron chi connectivity index (χ4n) is 2.58. The van der Waals surface area contributed by atoms with Gasteiger partial charge in [0.25, 0.3) is 0 Å². The van der Waals surface area contributed by atoms with Crippen LogP contribution in [0.25, 0.3) is 17.3 Å². The van der Waals surface area contributed by atoms with E-state index in [0.717, 1.165) is 28.9 Å². The van der Waals surface area contributed by atoms with Crippen LogP contribution in [0.2, 0.25) is 0 Å². The lowest BCUT2D eigenvalue weighted by molar-refractivity contribution is 1.23. The normalized spacial score (nSPS) is 11.5. The highest BCUT2D eigenvalue weighted by Gasteiger charge is 2.08. The Bertz CT molecular complexity index is 761. The second-order valence-electron chi connectivity index (χ2n) is 5.55. The van der Waals surface area contributed by atoms with Gasteiger partial charge in [-0.3, -0.25) is 0 Å². The second-order valence-corrected chi connectivity index (χ2v) is 5.55. The minimum atomic E-state index is 0.900. The van der Waals surface area contributed by atoms with Crippen LogP contribution < -0.4 is 5.32 Å². The Kier molecular flexibility index (Phi) is 6.39. The third kappa shape index (κ3) is 4.36. The predicted molar refractivity (Wildman–Crippen MR) is 109 cm³/mol. The zero-order chi connectivity index (χ0) is 17.4. The maximum atomic E-state index is 4.24. The van der Waals surface area contributed by atoms with Gasteiger partial charge in [-0.1, -0.05) is 80.8 Å². The van der Waals surface area contributed by atoms with Gasteiger partial charge in [0.1, 0.15) is 0 Å². The summed E-state index contributed by atoms with van der Waals surface area (Å²) in [5.41, 5.74) is 6.68. The lowest BCUT2D eigenvalue weighted by Gasteiger charge is -2.16. The van der Waals surface area contributed by atoms with Crippen molar-refractivity contribution in [1.29, 1.82) is 0 Å². The molecular weight excluding hydrogens is 290 g/mol. The average Bonchev–Trinajstić information content (AvgIpc) is 2.63. The molecule has 0 bridgehead atoms. The molecule has 0 saturated carbocycles. The van der Waals surface area contributed by atoms with Gasteiger partial charge in [-0.15, -0.1) is 0 Å². The zero-order valence-electron chi connectivity index (χ0n) is 14.5. The quantitative estimate of drug-likeness (QED) is 0.555. The molecule has 2 aromatic rings. The number of rotatable bonds is 7. The summed E-state index contributed by atoms with van der Waals surface area (Å²) < 4.78 is 0. The number of nitrogens with one attached hydrogen (secondary N) is 1. The Labute approximate surface area is 145 Å². The van der Waals surface area contributed by atoms with Crippen molar-refractivity contribution in [2.45, 2.75) is 20.3 Å². The fourth-order valence-corrected chi connectivity index (χ4v) is 2.58. The number of benzene rings is 2. The summed E-state index contributed by atoms with van der Waals surface area (Å²) in [4.78, 5) is 0. The highest BCUT2D eigenvalue weighted by atomic mass is 14.9. The van der Waals surface area contributed by atoms with Gasteiger partial charge in [-0.2, -0.15) is 0 Å². The molecule has 0 aliphatic rings. The van der Waals surface area contributed by atoms with Gasteiger partial charge in [0.15, 0.2) is 0 Å². The van der Waals surface area contributed by atoms with Gasteiger partial charge in [-0.25, -0.2) is 0 Å². The van der Waals surface area contributed by atoms with Crippen LogP contribution in [0.3, 0.4) is 0 Å². The molecule has 2 aromatic carbocycles. The largest absolute Gasteiger partial charge is 0.356 e. The molecule has 122 valence electrons. The highest BCUT2D eigenvalue weighted by molar-refractivity contribution is 5.84. The molecule has 0 unspecified atom stereocenters. The summed E-state index contributed by atoms with van der Waals surface area (Å²) in [6.45, 7) is 12.2. The molecule has 1 heteroatoms. The first kappa shape index (κ1) is 17.6. The molecule has 0 heterocycles. The molecule has 0 radical (unpaired) electrons. The molecule has 0 aromatic heterocycles. The highest BCUT2D eigenvalue weighted by Crippen LogP contribution is 2.28. The van der Waals surface area contributed by atoms with E-state index in [1.807, 2.05) is 43.3 Å². The minimum Gasteiger partial charge on any atom is -0.356 e. The van der Waals surface area contributed by atoms with E-state index in [9.17, 15) is 0 Å². The van der Waals surface area contributed by atoms with Gasteiger partial charge >= 0.3 is 0 Å². The topological polar surface area (TPSA) is 12.0 Å². The molecule has 2 rings (SSSR count). The summed E-state index contributed by atoms with van der Waals surface area (Å²) in [5, 5.41) is 3.41. The minimum absolute atomic E-state index is 0.900. The molecule has 0 aliphatic heterocycles. The van der Waals surface area contributed by atoms with Crippen LogP contribution in [0.1, 0.15) is 37.0 Å². The van der Waals surface area contributed by atoms with Crippen molar-refractivity contribution in [3.63, 3.8) is 0 Å². The molecule has 0 atom stereocenters. The van der Waals surface area contributed by atoms with Crippen LogP contribution in [-0.4, -0.2) is 0 Å². The number of hydrogen-bond acceptors (Lipinski definition) is 1. The third-order valence-corrected chi connectivity index (χ3v) is 3.91. The Morgan fingerprint density at radius 3 is 2.29 bits per heavy atom. The van der Waals surface area contributed by atoms with Crippen LogP contribution in [-0.2, 0) is 0 Å². The van der Waals surface area contributed by atoms with Gasteiger partial charge in [0.2, 0.25) is 0 Å². The summed E-state index contributed by atoms with van der Waals surface area (Å²) in [5.74, 6) is 0. The van der Waals surface area contributed by atoms with E-state index in [2.05, 4.69) is 61.8 Å². The van der Waals surface area contributed by atoms with Crippen LogP contribution in [0.15, 0.2) is 79.9 Å². The standard InChI is InChI=1S/C23H25N/c1-5-8-11-20(7-3)23-13-10-9-12-22(23)18(4)24-21-16-14-19(6-2)15-17-21/h5-6,8-17,24H,2,4,7H2,1,3H3/b8-5-,20-11+. The lowest BCUT2D eigenvalue weighted by atomic mass is 9.95. The van der Waals surface area contributed by atoms with E-state index >= 15 is 0 Å². The molecule has 0 aliphatic carbocycles. The van der Waals surface area contributed by atoms with E-state index in [1.54, 1.807) is 0 Å². The number of hydrogen-bond donors (Lipinski definition) is 1. The summed E-state index contributed by atoms with van der Waals surface area (Å²) in [6.07, 6.45) is 9.12. The van der Waals surface area contributed by atoms with E-state index in [4.69, 9.17) is 0 Å². The van der Waals surface area contributed by atoms with Crippen molar-refractivity contribution in [3.05, 3.63) is 96.6 Å². The summed E-state index contributed by atoms with van der Waals surface area (Å²) >= 11 is 0. The first-order chi connectivity index (χ1) is 11.7. The van der Waals surface area contributed by atoms with Crippen molar-refractivity contribution in [3.8, 4) is 0 Å². The van der Waals surface area contributed by atoms with Crippen molar-refractivity contribution in [2.24, 2.45) is 0 Å². The molecule has 0 saturated heterocycles. The van der Waals surface area contributed by atoms with E-state index in [1.165, 1.54) is 11.1 Å². The van der Waals surface area contributed by atoms with Crippen molar-refractivity contribution < 1.29 is 0 Å². The second kappa shape index (κ2) is 8.73. The molecule has 1 N–H and O–H groups in total. The van der Waals surface area contributed by atoms with Crippen LogP contribution in [0.4, 0.5) is 5.69 Å². The van der Waals surface area contributed by atoms with Crippen LogP contribution in [0.5, 0.6) is 0 Å². The van der Waals surface area contributed by atoms with E-state index in [0.29, 0.717) is 0 Å². The molecule has 0 amide bonds. The van der Waals surface area contributed by atoms with Crippen molar-refractivity contribution in [2.75, 3.05) is 5.32 Å². The van der Waals surface area contributed by atoms with Gasteiger partial charge < -0.3 is 5.32 Å². The monoisotopic (exact) mass is 315 g/mol. The molecule has 24 heavy (non-hydrogen) atoms. The zero-order valence-corrected chi connectivity index (χ0v) is 14.5. The Morgan fingerprint density at radius 1 is 1.04 bits per heavy atom. The molecule has 1 nitrogen and oxygen atoms in total. The van der Waals surface area contributed by atoms with Crippen LogP contribution in [0, 0.1) is 0 Å². The first-order valence-electron chi connectivity index (χ1n) is 8.29. The number of allylic oxidation sites excluding steroid dienone is 4. The summed E-state index contributed by atoms with van der Waals surface area (Å²) in [6, 6.07) is 16.6. The van der Waals surface area contributed by atoms with Gasteiger partial charge in [0, 0.05) is 16.9 Å². The van der Waals surface area contributed by atoms with Gasteiger partial charge in [-0.05, 0) is 42.2 Å². The maximum Gasteiger partial charge on any atom is 0.0390 e. The smallest absolute Gasteiger partial charge is 0.0390 e. The van der Waals surface area contributed by atoms with E-state index in [-0.39, 0.29) is 0 Å². The Balaban J connectivity index is 2.30. The van der Waals surface area contributed by atoms with Gasteiger partial charge in [0.05, 0.1) is 0 Å². The fraction of sp³-hybridized carbons (Fsp3) is 0.130. The number of anilines is 1. The van der Waals surface area contributed by atoms with Crippen molar-refractivity contribution in [1.82, 2.24) is 0 Å². The van der Waals surface area contributed by atoms with Crippen molar-refractivity contribution >= 4 is 23.0 Å². The lowest BCUT2D eigenvalue weighted by Crippen LogP contribution is -2.01. The summed E-state index contributed by atoms with van der Waals surface area (Å²) in [7, 11) is 0. The predicted octanol–water partition coefficient (Wildman–Crippen LogP) is 6.78.